The van der Waals surface area contributed by atoms with Gasteiger partial charge in [0.15, 0.2) is 0 Å². The molecule has 0 aromatic carbocycles. The monoisotopic (exact) mass is 395 g/mol. The average molecular weight is 396 g/mol. The molecule has 25 heavy (non-hydrogen) atoms. The first-order chi connectivity index (χ1) is 12.0. The van der Waals surface area contributed by atoms with Crippen LogP contribution in [-0.2, 0) is 22.1 Å². The van der Waals surface area contributed by atoms with Crippen LogP contribution < -0.4 is 10.6 Å². The fourth-order valence-electron chi connectivity index (χ4n) is 3.08. The molecular weight excluding hydrogens is 362 g/mol. The summed E-state index contributed by atoms with van der Waals surface area (Å²) in [7, 11) is 3.38. The Morgan fingerprint density at radius 1 is 1.04 bits per heavy atom. The van der Waals surface area contributed by atoms with Gasteiger partial charge in [-0.15, -0.1) is 0 Å². The quantitative estimate of drug-likeness (QED) is 0.367. The number of nitrogens with zero attached hydrogens (tertiary/aromatic N) is 1. The molecule has 1 aliphatic rings. The summed E-state index contributed by atoms with van der Waals surface area (Å²) in [6, 6.07) is 1.44. The standard InChI is InChI=1S/C14H33N3O6Si2/c1-19-24(20-2)12-7-10-17(24)11-9-16-14(18)15-8-6-13-25(21-3,22-4)23-5/h6-13H2,1-5H3,(H2,15,16,18). The highest BCUT2D eigenvalue weighted by Crippen LogP contribution is 2.26. The lowest BCUT2D eigenvalue weighted by atomic mass is 10.4. The Hall–Kier alpha value is -0.536. The third-order valence-electron chi connectivity index (χ3n) is 4.59. The number of urea groups is 1. The van der Waals surface area contributed by atoms with Crippen molar-refractivity contribution in [2.24, 2.45) is 0 Å². The maximum atomic E-state index is 11.9. The summed E-state index contributed by atoms with van der Waals surface area (Å²) < 4.78 is 29.6. The van der Waals surface area contributed by atoms with Crippen molar-refractivity contribution in [3.63, 3.8) is 0 Å². The van der Waals surface area contributed by atoms with E-state index in [1.807, 2.05) is 0 Å². The lowest BCUT2D eigenvalue weighted by Gasteiger charge is -2.31. The van der Waals surface area contributed by atoms with E-state index in [1.54, 1.807) is 35.5 Å². The minimum Gasteiger partial charge on any atom is -0.386 e. The fourth-order valence-corrected chi connectivity index (χ4v) is 7.77. The maximum absolute atomic E-state index is 11.9. The molecule has 11 heteroatoms. The number of carbonyl (C=O) groups is 1. The molecule has 0 spiro atoms. The number of nitrogens with one attached hydrogen (secondary N) is 2. The molecule has 1 aliphatic heterocycles. The summed E-state index contributed by atoms with van der Waals surface area (Å²) in [5.74, 6) is 0. The normalized spacial score (nSPS) is 17.6. The molecule has 0 saturated carbocycles. The minimum atomic E-state index is -2.56. The molecule has 1 fully saturated rings. The molecule has 0 radical (unpaired) electrons. The molecule has 0 bridgehead atoms. The van der Waals surface area contributed by atoms with E-state index in [0.717, 1.165) is 32.0 Å². The predicted molar refractivity (Wildman–Crippen MR) is 98.4 cm³/mol. The van der Waals surface area contributed by atoms with Crippen LogP contribution in [0.15, 0.2) is 0 Å². The Morgan fingerprint density at radius 2 is 1.64 bits per heavy atom. The van der Waals surface area contributed by atoms with Gasteiger partial charge in [-0.05, 0) is 19.4 Å². The van der Waals surface area contributed by atoms with Gasteiger partial charge in [-0.25, -0.2) is 4.79 Å². The van der Waals surface area contributed by atoms with Crippen LogP contribution in [0.5, 0.6) is 0 Å². The number of hydrogen-bond donors (Lipinski definition) is 2. The molecule has 1 rings (SSSR count). The highest BCUT2D eigenvalue weighted by molar-refractivity contribution is 6.65. The van der Waals surface area contributed by atoms with E-state index in [1.165, 1.54) is 0 Å². The molecule has 148 valence electrons. The van der Waals surface area contributed by atoms with Gasteiger partial charge in [0.2, 0.25) is 0 Å². The van der Waals surface area contributed by atoms with Crippen LogP contribution in [0.4, 0.5) is 4.79 Å². The smallest absolute Gasteiger partial charge is 0.386 e. The van der Waals surface area contributed by atoms with Crippen molar-refractivity contribution in [3.05, 3.63) is 0 Å². The Bertz CT molecular complexity index is 388. The zero-order chi connectivity index (χ0) is 18.8. The average Bonchev–Trinajstić information content (AvgIpc) is 3.06. The molecule has 0 atom stereocenters. The van der Waals surface area contributed by atoms with E-state index in [2.05, 4.69) is 15.2 Å². The van der Waals surface area contributed by atoms with Crippen LogP contribution in [-0.4, -0.2) is 89.9 Å². The van der Waals surface area contributed by atoms with Gasteiger partial charge < -0.3 is 32.8 Å². The molecule has 1 saturated heterocycles. The summed E-state index contributed by atoms with van der Waals surface area (Å²) in [6.45, 7) is 2.78. The van der Waals surface area contributed by atoms with Crippen molar-refractivity contribution < 1.29 is 26.9 Å². The Kier molecular flexibility index (Phi) is 10.1. The second-order valence-electron chi connectivity index (χ2n) is 5.79. The van der Waals surface area contributed by atoms with Crippen LogP contribution in [0.1, 0.15) is 12.8 Å². The molecule has 2 N–H and O–H groups in total. The van der Waals surface area contributed by atoms with Crippen LogP contribution in [0.25, 0.3) is 0 Å². The van der Waals surface area contributed by atoms with Crippen molar-refractivity contribution in [2.75, 3.05) is 61.7 Å². The number of carbonyl (C=O) groups excluding carboxylic acids is 1. The number of rotatable bonds is 12. The van der Waals surface area contributed by atoms with Crippen molar-refractivity contribution >= 4 is 23.6 Å². The third-order valence-corrected chi connectivity index (χ3v) is 11.1. The van der Waals surface area contributed by atoms with Crippen molar-refractivity contribution in [2.45, 2.75) is 24.9 Å². The summed E-state index contributed by atoms with van der Waals surface area (Å²) in [4.78, 5) is 11.9. The highest BCUT2D eigenvalue weighted by atomic mass is 28.4. The highest BCUT2D eigenvalue weighted by Gasteiger charge is 2.47. The second kappa shape index (κ2) is 11.2. The van der Waals surface area contributed by atoms with Gasteiger partial charge in [0, 0.05) is 67.3 Å². The fraction of sp³-hybridized carbons (Fsp3) is 0.929. The molecule has 0 aliphatic carbocycles. The summed E-state index contributed by atoms with van der Waals surface area (Å²) in [5, 5.41) is 5.71. The topological polar surface area (TPSA) is 90.5 Å². The zero-order valence-electron chi connectivity index (χ0n) is 16.1. The van der Waals surface area contributed by atoms with Gasteiger partial charge in [0.1, 0.15) is 0 Å². The SMILES string of the molecule is CO[Si](CCCNC(=O)NCCN1CCC[Si]1(OC)OC)(OC)OC. The van der Waals surface area contributed by atoms with Gasteiger partial charge in [0.25, 0.3) is 0 Å². The second-order valence-corrected chi connectivity index (χ2v) is 12.3. The van der Waals surface area contributed by atoms with E-state index in [0.29, 0.717) is 19.1 Å². The first-order valence-corrected chi connectivity index (χ1v) is 12.4. The van der Waals surface area contributed by atoms with E-state index >= 15 is 0 Å². The van der Waals surface area contributed by atoms with Crippen LogP contribution in [0, 0.1) is 0 Å². The van der Waals surface area contributed by atoms with Crippen LogP contribution in [0.2, 0.25) is 12.1 Å². The Labute approximate surface area is 153 Å². The van der Waals surface area contributed by atoms with E-state index in [9.17, 15) is 4.79 Å². The van der Waals surface area contributed by atoms with Gasteiger partial charge in [0.05, 0.1) is 0 Å². The molecular formula is C14H33N3O6Si2. The first kappa shape index (κ1) is 22.5. The van der Waals surface area contributed by atoms with Gasteiger partial charge in [-0.3, -0.25) is 4.57 Å². The van der Waals surface area contributed by atoms with Crippen molar-refractivity contribution in [1.82, 2.24) is 15.2 Å². The summed E-state index contributed by atoms with van der Waals surface area (Å²) in [5.41, 5.74) is 0. The Balaban J connectivity index is 2.21. The predicted octanol–water partition coefficient (Wildman–Crippen LogP) is 0.491. The van der Waals surface area contributed by atoms with E-state index < -0.39 is 17.5 Å². The molecule has 0 aromatic rings. The van der Waals surface area contributed by atoms with Crippen LogP contribution >= 0.6 is 0 Å². The molecule has 0 unspecified atom stereocenters. The van der Waals surface area contributed by atoms with Crippen molar-refractivity contribution in [3.8, 4) is 0 Å². The van der Waals surface area contributed by atoms with Gasteiger partial charge in [-0.1, -0.05) is 0 Å². The van der Waals surface area contributed by atoms with E-state index in [4.69, 9.17) is 22.1 Å². The summed E-state index contributed by atoms with van der Waals surface area (Å²) >= 11 is 0. The Morgan fingerprint density at radius 3 is 2.20 bits per heavy atom. The zero-order valence-corrected chi connectivity index (χ0v) is 18.1. The minimum absolute atomic E-state index is 0.180. The van der Waals surface area contributed by atoms with E-state index in [-0.39, 0.29) is 6.03 Å². The summed E-state index contributed by atoms with van der Waals surface area (Å²) in [6.07, 6.45) is 1.80. The largest absolute Gasteiger partial charge is 0.500 e. The van der Waals surface area contributed by atoms with Gasteiger partial charge >= 0.3 is 23.6 Å². The molecule has 0 aromatic heterocycles. The van der Waals surface area contributed by atoms with Gasteiger partial charge in [-0.2, -0.15) is 0 Å². The number of hydrogen-bond acceptors (Lipinski definition) is 7. The first-order valence-electron chi connectivity index (χ1n) is 8.54. The molecule has 9 nitrogen and oxygen atoms in total. The number of amides is 2. The lowest BCUT2D eigenvalue weighted by Crippen LogP contribution is -2.55. The molecule has 2 amide bonds. The van der Waals surface area contributed by atoms with Crippen molar-refractivity contribution in [1.29, 1.82) is 0 Å². The van der Waals surface area contributed by atoms with Crippen LogP contribution in [0.3, 0.4) is 0 Å². The lowest BCUT2D eigenvalue weighted by molar-refractivity contribution is 0.123. The maximum Gasteiger partial charge on any atom is 0.500 e. The molecule has 1 heterocycles. The third kappa shape index (κ3) is 6.29.